The minimum absolute atomic E-state index is 0.0770. The van der Waals surface area contributed by atoms with E-state index in [2.05, 4.69) is 10.6 Å². The van der Waals surface area contributed by atoms with Crippen LogP contribution in [0.15, 0.2) is 18.2 Å². The minimum atomic E-state index is -0.275. The molecule has 1 aromatic carbocycles. The van der Waals surface area contributed by atoms with E-state index in [1.54, 1.807) is 18.2 Å². The van der Waals surface area contributed by atoms with Crippen molar-refractivity contribution < 1.29 is 14.4 Å². The first-order valence-corrected chi connectivity index (χ1v) is 6.56. The number of nitrogens with zero attached hydrogens (tertiary/aromatic N) is 1. The van der Waals surface area contributed by atoms with Crippen LogP contribution in [0.4, 0.5) is 5.69 Å². The predicted octanol–water partition coefficient (Wildman–Crippen LogP) is 0.603. The fraction of sp³-hybridized carbons (Fsp3) is 0.357. The van der Waals surface area contributed by atoms with Gasteiger partial charge in [-0.2, -0.15) is 0 Å². The van der Waals surface area contributed by atoms with Crippen LogP contribution in [0.5, 0.6) is 0 Å². The van der Waals surface area contributed by atoms with E-state index in [0.29, 0.717) is 24.1 Å². The van der Waals surface area contributed by atoms with Crippen molar-refractivity contribution in [2.24, 2.45) is 0 Å². The Hall–Kier alpha value is -2.37. The highest BCUT2D eigenvalue weighted by atomic mass is 16.2. The van der Waals surface area contributed by atoms with Gasteiger partial charge in [0, 0.05) is 31.7 Å². The quantitative estimate of drug-likeness (QED) is 0.791. The number of carbonyl (C=O) groups excluding carboxylic acids is 3. The first kappa shape index (κ1) is 12.7. The fourth-order valence-electron chi connectivity index (χ4n) is 2.54. The van der Waals surface area contributed by atoms with Gasteiger partial charge >= 0.3 is 0 Å². The van der Waals surface area contributed by atoms with Crippen LogP contribution >= 0.6 is 0 Å². The van der Waals surface area contributed by atoms with Crippen LogP contribution < -0.4 is 10.6 Å². The van der Waals surface area contributed by atoms with Crippen molar-refractivity contribution >= 4 is 23.4 Å². The maximum absolute atomic E-state index is 11.9. The topological polar surface area (TPSA) is 78.5 Å². The van der Waals surface area contributed by atoms with E-state index in [-0.39, 0.29) is 23.8 Å². The summed E-state index contributed by atoms with van der Waals surface area (Å²) in [4.78, 5) is 35.9. The molecule has 1 fully saturated rings. The number of imide groups is 1. The molecule has 1 aromatic rings. The Bertz CT molecular complexity index is 612. The van der Waals surface area contributed by atoms with Crippen molar-refractivity contribution in [3.05, 3.63) is 29.3 Å². The third-order valence-corrected chi connectivity index (χ3v) is 3.73. The lowest BCUT2D eigenvalue weighted by atomic mass is 10.1. The van der Waals surface area contributed by atoms with E-state index in [1.165, 1.54) is 7.05 Å². The molecule has 2 N–H and O–H groups in total. The molecule has 0 radical (unpaired) electrons. The largest absolute Gasteiger partial charge is 0.383 e. The molecule has 2 aliphatic rings. The predicted molar refractivity (Wildman–Crippen MR) is 72.5 cm³/mol. The minimum Gasteiger partial charge on any atom is -0.383 e. The maximum atomic E-state index is 11.9. The van der Waals surface area contributed by atoms with E-state index in [9.17, 15) is 14.4 Å². The van der Waals surface area contributed by atoms with Gasteiger partial charge in [-0.05, 0) is 24.6 Å². The fourth-order valence-corrected chi connectivity index (χ4v) is 2.54. The summed E-state index contributed by atoms with van der Waals surface area (Å²) < 4.78 is 0. The average Bonchev–Trinajstić information content (AvgIpc) is 2.95. The van der Waals surface area contributed by atoms with Gasteiger partial charge in [-0.25, -0.2) is 0 Å². The number of carbonyl (C=O) groups is 3. The Labute approximate surface area is 116 Å². The van der Waals surface area contributed by atoms with Crippen molar-refractivity contribution in [1.82, 2.24) is 10.2 Å². The summed E-state index contributed by atoms with van der Waals surface area (Å²) >= 11 is 0. The number of amides is 3. The molecule has 1 saturated heterocycles. The molecule has 6 nitrogen and oxygen atoms in total. The Balaban J connectivity index is 1.72. The van der Waals surface area contributed by atoms with E-state index >= 15 is 0 Å². The second kappa shape index (κ2) is 4.63. The molecule has 3 rings (SSSR count). The smallest absolute Gasteiger partial charge is 0.261 e. The summed E-state index contributed by atoms with van der Waals surface area (Å²) in [5.41, 5.74) is 1.65. The number of anilines is 1. The van der Waals surface area contributed by atoms with E-state index in [4.69, 9.17) is 0 Å². The molecule has 2 heterocycles. The van der Waals surface area contributed by atoms with Gasteiger partial charge in [0.25, 0.3) is 11.8 Å². The lowest BCUT2D eigenvalue weighted by Gasteiger charge is -2.12. The van der Waals surface area contributed by atoms with Crippen LogP contribution in [0.3, 0.4) is 0 Å². The summed E-state index contributed by atoms with van der Waals surface area (Å²) in [6.07, 6.45) is 1.38. The molecule has 2 aliphatic heterocycles. The van der Waals surface area contributed by atoms with E-state index < -0.39 is 0 Å². The van der Waals surface area contributed by atoms with E-state index in [0.717, 1.165) is 17.0 Å². The van der Waals surface area contributed by atoms with Gasteiger partial charge in [-0.1, -0.05) is 0 Å². The van der Waals surface area contributed by atoms with Crippen LogP contribution in [0, 0.1) is 0 Å². The van der Waals surface area contributed by atoms with Crippen molar-refractivity contribution in [2.75, 3.05) is 18.9 Å². The molecule has 0 aliphatic carbocycles. The Morgan fingerprint density at radius 3 is 2.70 bits per heavy atom. The molecule has 0 bridgehead atoms. The summed E-state index contributed by atoms with van der Waals surface area (Å²) in [6.45, 7) is 0.614. The summed E-state index contributed by atoms with van der Waals surface area (Å²) in [7, 11) is 1.48. The van der Waals surface area contributed by atoms with Gasteiger partial charge in [0.15, 0.2) is 0 Å². The van der Waals surface area contributed by atoms with Gasteiger partial charge in [-0.15, -0.1) is 0 Å². The zero-order valence-electron chi connectivity index (χ0n) is 11.1. The van der Waals surface area contributed by atoms with Crippen LogP contribution in [-0.2, 0) is 4.79 Å². The molecule has 6 heteroatoms. The van der Waals surface area contributed by atoms with Crippen LogP contribution in [0.2, 0.25) is 0 Å². The molecule has 0 aromatic heterocycles. The molecule has 1 atom stereocenters. The zero-order chi connectivity index (χ0) is 14.3. The molecule has 1 unspecified atom stereocenters. The van der Waals surface area contributed by atoms with Crippen molar-refractivity contribution in [1.29, 1.82) is 0 Å². The molecule has 0 saturated carbocycles. The third-order valence-electron chi connectivity index (χ3n) is 3.73. The van der Waals surface area contributed by atoms with Gasteiger partial charge < -0.3 is 10.6 Å². The highest BCUT2D eigenvalue weighted by molar-refractivity contribution is 6.21. The van der Waals surface area contributed by atoms with Crippen molar-refractivity contribution in [2.45, 2.75) is 18.9 Å². The lowest BCUT2D eigenvalue weighted by molar-refractivity contribution is -0.119. The molecule has 0 spiro atoms. The monoisotopic (exact) mass is 273 g/mol. The van der Waals surface area contributed by atoms with Crippen molar-refractivity contribution in [3.8, 4) is 0 Å². The van der Waals surface area contributed by atoms with Gasteiger partial charge in [0.05, 0.1) is 11.1 Å². The highest BCUT2D eigenvalue weighted by Crippen LogP contribution is 2.24. The molecule has 20 heavy (non-hydrogen) atoms. The second-order valence-electron chi connectivity index (χ2n) is 5.11. The number of benzene rings is 1. The number of rotatable bonds is 3. The van der Waals surface area contributed by atoms with Gasteiger partial charge in [0.1, 0.15) is 0 Å². The average molecular weight is 273 g/mol. The summed E-state index contributed by atoms with van der Waals surface area (Å²) in [5.74, 6) is -0.462. The normalized spacial score (nSPS) is 21.1. The number of fused-ring (bicyclic) bond motifs is 1. The first-order valence-electron chi connectivity index (χ1n) is 6.56. The third kappa shape index (κ3) is 2.03. The Morgan fingerprint density at radius 1 is 1.25 bits per heavy atom. The van der Waals surface area contributed by atoms with Gasteiger partial charge in [0.2, 0.25) is 5.91 Å². The molecule has 104 valence electrons. The standard InChI is InChI=1S/C14H15N3O3/c1-17-13(19)10-4-2-8(6-11(10)14(17)20)15-7-9-3-5-12(18)16-9/h2,4,6,9,15H,3,5,7H2,1H3,(H,16,18). The number of hydrogen-bond donors (Lipinski definition) is 2. The number of hydrogen-bond acceptors (Lipinski definition) is 4. The second-order valence-corrected chi connectivity index (χ2v) is 5.11. The van der Waals surface area contributed by atoms with Crippen molar-refractivity contribution in [3.63, 3.8) is 0 Å². The molecular weight excluding hydrogens is 258 g/mol. The van der Waals surface area contributed by atoms with Crippen LogP contribution in [0.25, 0.3) is 0 Å². The maximum Gasteiger partial charge on any atom is 0.261 e. The number of nitrogens with one attached hydrogen (secondary N) is 2. The Kier molecular flexibility index (Phi) is 2.93. The van der Waals surface area contributed by atoms with Crippen LogP contribution in [0.1, 0.15) is 33.6 Å². The zero-order valence-corrected chi connectivity index (χ0v) is 11.1. The lowest BCUT2D eigenvalue weighted by Crippen LogP contribution is -2.31. The molecule has 3 amide bonds. The summed E-state index contributed by atoms with van der Waals surface area (Å²) in [5, 5.41) is 6.06. The van der Waals surface area contributed by atoms with Crippen LogP contribution in [-0.4, -0.2) is 42.3 Å². The first-order chi connectivity index (χ1) is 9.56. The van der Waals surface area contributed by atoms with Gasteiger partial charge in [-0.3, -0.25) is 19.3 Å². The highest BCUT2D eigenvalue weighted by Gasteiger charge is 2.32. The SMILES string of the molecule is CN1C(=O)c2ccc(NCC3CCC(=O)N3)cc2C1=O. The molecular formula is C14H15N3O3. The Morgan fingerprint density at radius 2 is 2.00 bits per heavy atom. The summed E-state index contributed by atoms with van der Waals surface area (Å²) in [6, 6.07) is 5.25. The van der Waals surface area contributed by atoms with E-state index in [1.807, 2.05) is 0 Å².